The Balaban J connectivity index is 2.14. The number of nitrogen functional groups attached to an aromatic ring is 1. The van der Waals surface area contributed by atoms with Crippen LogP contribution in [0.1, 0.15) is 23.7 Å². The first-order valence-electron chi connectivity index (χ1n) is 6.41. The van der Waals surface area contributed by atoms with Gasteiger partial charge in [-0.05, 0) is 25.0 Å². The van der Waals surface area contributed by atoms with Crippen LogP contribution >= 0.6 is 0 Å². The molecular weight excluding hydrogens is 240 g/mol. The van der Waals surface area contributed by atoms with Crippen molar-refractivity contribution in [3.8, 4) is 0 Å². The van der Waals surface area contributed by atoms with Crippen molar-refractivity contribution in [2.24, 2.45) is 0 Å². The van der Waals surface area contributed by atoms with Crippen LogP contribution in [0.4, 0.5) is 11.5 Å². The van der Waals surface area contributed by atoms with E-state index in [1.807, 2.05) is 42.8 Å². The minimum Gasteiger partial charge on any atom is -0.394 e. The molecule has 0 spiro atoms. The van der Waals surface area contributed by atoms with Gasteiger partial charge in [0.15, 0.2) is 0 Å². The number of rotatable bonds is 5. The molecule has 1 aromatic carbocycles. The predicted molar refractivity (Wildman–Crippen MR) is 76.7 cm³/mol. The summed E-state index contributed by atoms with van der Waals surface area (Å²) >= 11 is 0. The first-order valence-corrected chi connectivity index (χ1v) is 6.41. The molecule has 0 aliphatic heterocycles. The van der Waals surface area contributed by atoms with Crippen LogP contribution in [0.25, 0.3) is 0 Å². The minimum atomic E-state index is 0.0575. The van der Waals surface area contributed by atoms with Crippen LogP contribution in [0.3, 0.4) is 0 Å². The van der Waals surface area contributed by atoms with E-state index in [-0.39, 0.29) is 6.61 Å². The number of aliphatic hydroxyl groups is 1. The summed E-state index contributed by atoms with van der Waals surface area (Å²) in [5, 5.41) is 16.8. The number of benzene rings is 1. The van der Waals surface area contributed by atoms with E-state index in [0.717, 1.165) is 29.2 Å². The standard InChI is InChI=1S/C14H20N4O/c1-3-18-14(13(15)10(2)17-18)16-8-11-5-4-6-12(7-11)9-19/h4-7,16,19H,3,8-9,15H2,1-2H3. The molecule has 0 amide bonds. The molecule has 0 aliphatic carbocycles. The van der Waals surface area contributed by atoms with Gasteiger partial charge in [0.2, 0.25) is 0 Å². The van der Waals surface area contributed by atoms with E-state index in [0.29, 0.717) is 12.2 Å². The summed E-state index contributed by atoms with van der Waals surface area (Å²) in [6, 6.07) is 7.83. The SMILES string of the molecule is CCn1nc(C)c(N)c1NCc1cccc(CO)c1. The maximum atomic E-state index is 9.12. The Morgan fingerprint density at radius 1 is 1.37 bits per heavy atom. The fraction of sp³-hybridized carbons (Fsp3) is 0.357. The Hall–Kier alpha value is -2.01. The highest BCUT2D eigenvalue weighted by Crippen LogP contribution is 2.22. The highest BCUT2D eigenvalue weighted by atomic mass is 16.3. The monoisotopic (exact) mass is 260 g/mol. The third-order valence-corrected chi connectivity index (χ3v) is 3.11. The Bertz CT molecular complexity index is 563. The maximum Gasteiger partial charge on any atom is 0.148 e. The average molecular weight is 260 g/mol. The second kappa shape index (κ2) is 5.75. The van der Waals surface area contributed by atoms with E-state index in [1.54, 1.807) is 0 Å². The number of aliphatic hydroxyl groups excluding tert-OH is 1. The van der Waals surface area contributed by atoms with Gasteiger partial charge in [-0.25, -0.2) is 4.68 Å². The number of nitrogens with two attached hydrogens (primary N) is 1. The largest absolute Gasteiger partial charge is 0.394 e. The number of nitrogens with zero attached hydrogens (tertiary/aromatic N) is 2. The molecule has 0 unspecified atom stereocenters. The van der Waals surface area contributed by atoms with Crippen molar-refractivity contribution in [3.05, 3.63) is 41.1 Å². The van der Waals surface area contributed by atoms with Gasteiger partial charge in [0.25, 0.3) is 0 Å². The lowest BCUT2D eigenvalue weighted by molar-refractivity contribution is 0.281. The van der Waals surface area contributed by atoms with Gasteiger partial charge in [-0.15, -0.1) is 0 Å². The third-order valence-electron chi connectivity index (χ3n) is 3.11. The topological polar surface area (TPSA) is 76.1 Å². The van der Waals surface area contributed by atoms with Crippen molar-refractivity contribution in [1.82, 2.24) is 9.78 Å². The van der Waals surface area contributed by atoms with Crippen LogP contribution < -0.4 is 11.1 Å². The van der Waals surface area contributed by atoms with E-state index in [2.05, 4.69) is 10.4 Å². The highest BCUT2D eigenvalue weighted by molar-refractivity contribution is 5.64. The fourth-order valence-corrected chi connectivity index (χ4v) is 2.03. The van der Waals surface area contributed by atoms with Crippen molar-refractivity contribution in [2.75, 3.05) is 11.1 Å². The lowest BCUT2D eigenvalue weighted by Crippen LogP contribution is -2.08. The molecule has 0 atom stereocenters. The highest BCUT2D eigenvalue weighted by Gasteiger charge is 2.10. The summed E-state index contributed by atoms with van der Waals surface area (Å²) in [5.74, 6) is 0.856. The number of hydrogen-bond acceptors (Lipinski definition) is 4. The first-order chi connectivity index (χ1) is 9.15. The third kappa shape index (κ3) is 2.88. The fourth-order valence-electron chi connectivity index (χ4n) is 2.03. The Morgan fingerprint density at radius 2 is 2.11 bits per heavy atom. The summed E-state index contributed by atoms with van der Waals surface area (Å²) in [7, 11) is 0. The molecule has 0 radical (unpaired) electrons. The number of anilines is 2. The van der Waals surface area contributed by atoms with Crippen LogP contribution in [-0.2, 0) is 19.7 Å². The molecule has 0 fully saturated rings. The number of aryl methyl sites for hydroxylation is 2. The molecule has 5 heteroatoms. The molecule has 1 heterocycles. The number of hydrogen-bond donors (Lipinski definition) is 3. The zero-order chi connectivity index (χ0) is 13.8. The van der Waals surface area contributed by atoms with Crippen molar-refractivity contribution >= 4 is 11.5 Å². The van der Waals surface area contributed by atoms with Crippen LogP contribution in [0.5, 0.6) is 0 Å². The lowest BCUT2D eigenvalue weighted by atomic mass is 10.1. The van der Waals surface area contributed by atoms with E-state index in [9.17, 15) is 0 Å². The van der Waals surface area contributed by atoms with Crippen LogP contribution in [0.2, 0.25) is 0 Å². The van der Waals surface area contributed by atoms with Crippen molar-refractivity contribution in [2.45, 2.75) is 33.5 Å². The molecule has 19 heavy (non-hydrogen) atoms. The van der Waals surface area contributed by atoms with Gasteiger partial charge < -0.3 is 16.2 Å². The number of aromatic nitrogens is 2. The van der Waals surface area contributed by atoms with E-state index < -0.39 is 0 Å². The van der Waals surface area contributed by atoms with Gasteiger partial charge >= 0.3 is 0 Å². The molecule has 0 aliphatic rings. The quantitative estimate of drug-likeness (QED) is 0.767. The smallest absolute Gasteiger partial charge is 0.148 e. The second-order valence-electron chi connectivity index (χ2n) is 4.50. The maximum absolute atomic E-state index is 9.12. The summed E-state index contributed by atoms with van der Waals surface area (Å²) in [6.07, 6.45) is 0. The van der Waals surface area contributed by atoms with E-state index in [1.165, 1.54) is 0 Å². The Kier molecular flexibility index (Phi) is 4.06. The van der Waals surface area contributed by atoms with Crippen LogP contribution in [0.15, 0.2) is 24.3 Å². The Labute approximate surface area is 113 Å². The summed E-state index contributed by atoms with van der Waals surface area (Å²) in [5.41, 5.74) is 9.56. The normalized spacial score (nSPS) is 10.7. The molecule has 0 bridgehead atoms. The molecule has 0 saturated carbocycles. The summed E-state index contributed by atoms with van der Waals surface area (Å²) in [6.45, 7) is 5.42. The number of nitrogens with one attached hydrogen (secondary N) is 1. The van der Waals surface area contributed by atoms with Crippen molar-refractivity contribution < 1.29 is 5.11 Å². The van der Waals surface area contributed by atoms with Gasteiger partial charge in [0.1, 0.15) is 5.82 Å². The van der Waals surface area contributed by atoms with Gasteiger partial charge in [-0.1, -0.05) is 24.3 Å². The summed E-state index contributed by atoms with van der Waals surface area (Å²) in [4.78, 5) is 0. The van der Waals surface area contributed by atoms with Crippen LogP contribution in [-0.4, -0.2) is 14.9 Å². The molecule has 2 rings (SSSR count). The molecule has 4 N–H and O–H groups in total. The predicted octanol–water partition coefficient (Wildman–Crippen LogP) is 1.90. The zero-order valence-electron chi connectivity index (χ0n) is 11.3. The second-order valence-corrected chi connectivity index (χ2v) is 4.50. The van der Waals surface area contributed by atoms with Crippen molar-refractivity contribution in [3.63, 3.8) is 0 Å². The Morgan fingerprint density at radius 3 is 2.79 bits per heavy atom. The zero-order valence-corrected chi connectivity index (χ0v) is 11.3. The molecule has 0 saturated heterocycles. The molecule has 5 nitrogen and oxygen atoms in total. The molecule has 1 aromatic heterocycles. The molecule has 2 aromatic rings. The van der Waals surface area contributed by atoms with Gasteiger partial charge in [0, 0.05) is 13.1 Å². The molecular formula is C14H20N4O. The van der Waals surface area contributed by atoms with Crippen LogP contribution in [0, 0.1) is 6.92 Å². The van der Waals surface area contributed by atoms with Gasteiger partial charge in [-0.3, -0.25) is 0 Å². The first kappa shape index (κ1) is 13.4. The lowest BCUT2D eigenvalue weighted by Gasteiger charge is -2.10. The van der Waals surface area contributed by atoms with E-state index in [4.69, 9.17) is 10.8 Å². The van der Waals surface area contributed by atoms with E-state index >= 15 is 0 Å². The molecule has 102 valence electrons. The van der Waals surface area contributed by atoms with Gasteiger partial charge in [0.05, 0.1) is 18.0 Å². The van der Waals surface area contributed by atoms with Crippen molar-refractivity contribution in [1.29, 1.82) is 0 Å². The minimum absolute atomic E-state index is 0.0575. The van der Waals surface area contributed by atoms with Gasteiger partial charge in [-0.2, -0.15) is 5.10 Å². The summed E-state index contributed by atoms with van der Waals surface area (Å²) < 4.78 is 1.86. The average Bonchev–Trinajstić information content (AvgIpc) is 2.72.